The maximum atomic E-state index is 13.3. The van der Waals surface area contributed by atoms with Crippen LogP contribution in [0.25, 0.3) is 0 Å². The predicted octanol–water partition coefficient (Wildman–Crippen LogP) is 2.74. The molecular formula is C19H20ClNO5S. The molecule has 0 radical (unpaired) electrons. The number of ether oxygens (including phenoxy) is 3. The molecule has 6 nitrogen and oxygen atoms in total. The van der Waals surface area contributed by atoms with Crippen molar-refractivity contribution in [2.75, 3.05) is 20.0 Å². The SMILES string of the molecule is CCOC[C@@]1(N)[C@H](S(=O)(=O)c2ccc(Cl)cc2)[C@@H]1c1ccc2c(c1)OCO2. The van der Waals surface area contributed by atoms with Crippen LogP contribution in [0.3, 0.4) is 0 Å². The zero-order chi connectivity index (χ0) is 19.2. The maximum Gasteiger partial charge on any atom is 0.231 e. The average molecular weight is 410 g/mol. The number of fused-ring (bicyclic) bond motifs is 1. The number of rotatable bonds is 6. The molecule has 2 aliphatic rings. The molecule has 1 fully saturated rings. The average Bonchev–Trinajstić information content (AvgIpc) is 3.03. The number of benzene rings is 2. The highest BCUT2D eigenvalue weighted by atomic mass is 35.5. The quantitative estimate of drug-likeness (QED) is 0.789. The van der Waals surface area contributed by atoms with Gasteiger partial charge < -0.3 is 19.9 Å². The predicted molar refractivity (Wildman–Crippen MR) is 101 cm³/mol. The third-order valence-electron chi connectivity index (χ3n) is 5.09. The van der Waals surface area contributed by atoms with Gasteiger partial charge in [-0.1, -0.05) is 17.7 Å². The summed E-state index contributed by atoms with van der Waals surface area (Å²) in [6.07, 6.45) is 0. The van der Waals surface area contributed by atoms with Gasteiger partial charge in [-0.05, 0) is 48.9 Å². The second kappa shape index (κ2) is 6.67. The summed E-state index contributed by atoms with van der Waals surface area (Å²) >= 11 is 5.89. The van der Waals surface area contributed by atoms with E-state index in [1.165, 1.54) is 12.1 Å². The molecule has 0 unspecified atom stereocenters. The van der Waals surface area contributed by atoms with Crippen molar-refractivity contribution in [3.05, 3.63) is 53.1 Å². The zero-order valence-corrected chi connectivity index (χ0v) is 16.3. The lowest BCUT2D eigenvalue weighted by Gasteiger charge is -2.12. The zero-order valence-electron chi connectivity index (χ0n) is 14.7. The van der Waals surface area contributed by atoms with E-state index in [0.717, 1.165) is 5.56 Å². The van der Waals surface area contributed by atoms with Crippen LogP contribution in [0.2, 0.25) is 5.02 Å². The van der Waals surface area contributed by atoms with Gasteiger partial charge in [-0.25, -0.2) is 8.42 Å². The van der Waals surface area contributed by atoms with Crippen LogP contribution in [0.5, 0.6) is 11.5 Å². The third-order valence-corrected chi connectivity index (χ3v) is 7.65. The topological polar surface area (TPSA) is 87.9 Å². The van der Waals surface area contributed by atoms with Crippen LogP contribution in [0.4, 0.5) is 0 Å². The standard InChI is InChI=1S/C19H20ClNO5S/c1-2-24-10-19(21)17(12-3-8-15-16(9-12)26-11-25-15)18(19)27(22,23)14-6-4-13(20)5-7-14/h3-9,17-18H,2,10-11,21H2,1H3/t17-,18+,19-/m0/s1. The Labute approximate surface area is 163 Å². The summed E-state index contributed by atoms with van der Waals surface area (Å²) in [4.78, 5) is 0.200. The molecule has 1 aliphatic heterocycles. The molecule has 0 bridgehead atoms. The van der Waals surface area contributed by atoms with Gasteiger partial charge in [0.05, 0.1) is 22.3 Å². The smallest absolute Gasteiger partial charge is 0.231 e. The summed E-state index contributed by atoms with van der Waals surface area (Å²) in [5.74, 6) is 0.837. The van der Waals surface area contributed by atoms with E-state index in [0.29, 0.717) is 23.1 Å². The minimum Gasteiger partial charge on any atom is -0.454 e. The number of hydrogen-bond acceptors (Lipinski definition) is 6. The van der Waals surface area contributed by atoms with Gasteiger partial charge in [-0.2, -0.15) is 0 Å². The molecule has 3 atom stereocenters. The van der Waals surface area contributed by atoms with Crippen LogP contribution in [0, 0.1) is 0 Å². The van der Waals surface area contributed by atoms with E-state index in [9.17, 15) is 8.42 Å². The first kappa shape index (κ1) is 18.6. The van der Waals surface area contributed by atoms with Crippen LogP contribution in [0.15, 0.2) is 47.4 Å². The van der Waals surface area contributed by atoms with Crippen molar-refractivity contribution in [3.8, 4) is 11.5 Å². The molecule has 8 heteroatoms. The lowest BCUT2D eigenvalue weighted by Crippen LogP contribution is -2.36. The molecule has 2 aromatic rings. The van der Waals surface area contributed by atoms with Gasteiger partial charge in [0.25, 0.3) is 0 Å². The maximum absolute atomic E-state index is 13.3. The first-order chi connectivity index (χ1) is 12.9. The molecule has 0 saturated heterocycles. The van der Waals surface area contributed by atoms with Gasteiger partial charge in [0.15, 0.2) is 21.3 Å². The Morgan fingerprint density at radius 3 is 2.59 bits per heavy atom. The Balaban J connectivity index is 1.72. The van der Waals surface area contributed by atoms with E-state index in [1.807, 2.05) is 13.0 Å². The Morgan fingerprint density at radius 1 is 1.19 bits per heavy atom. The summed E-state index contributed by atoms with van der Waals surface area (Å²) in [5.41, 5.74) is 6.33. The molecule has 2 N–H and O–H groups in total. The van der Waals surface area contributed by atoms with Crippen LogP contribution in [-0.2, 0) is 14.6 Å². The lowest BCUT2D eigenvalue weighted by molar-refractivity contribution is 0.125. The minimum absolute atomic E-state index is 0.153. The second-order valence-corrected chi connectivity index (χ2v) is 9.27. The fraction of sp³-hybridized carbons (Fsp3) is 0.368. The molecule has 2 aromatic carbocycles. The van der Waals surface area contributed by atoms with Gasteiger partial charge >= 0.3 is 0 Å². The summed E-state index contributed by atoms with van der Waals surface area (Å²) in [5, 5.41) is -0.316. The lowest BCUT2D eigenvalue weighted by atomic mass is 10.1. The van der Waals surface area contributed by atoms with E-state index in [2.05, 4.69) is 0 Å². The Hall–Kier alpha value is -1.80. The van der Waals surface area contributed by atoms with Crippen molar-refractivity contribution in [3.63, 3.8) is 0 Å². The van der Waals surface area contributed by atoms with Crippen LogP contribution >= 0.6 is 11.6 Å². The number of nitrogens with two attached hydrogens (primary N) is 1. The molecule has 27 heavy (non-hydrogen) atoms. The van der Waals surface area contributed by atoms with Gasteiger partial charge in [-0.3, -0.25) is 0 Å². The summed E-state index contributed by atoms with van der Waals surface area (Å²) in [6, 6.07) is 11.6. The monoisotopic (exact) mass is 409 g/mol. The van der Waals surface area contributed by atoms with E-state index >= 15 is 0 Å². The largest absolute Gasteiger partial charge is 0.454 e. The van der Waals surface area contributed by atoms with E-state index in [-0.39, 0.29) is 18.3 Å². The van der Waals surface area contributed by atoms with Crippen molar-refractivity contribution in [1.29, 1.82) is 0 Å². The minimum atomic E-state index is -3.67. The molecular weight excluding hydrogens is 390 g/mol. The normalized spacial score (nSPS) is 26.2. The van der Waals surface area contributed by atoms with Gasteiger partial charge in [0.1, 0.15) is 0 Å². The van der Waals surface area contributed by atoms with Crippen molar-refractivity contribution in [2.24, 2.45) is 5.73 Å². The first-order valence-electron chi connectivity index (χ1n) is 8.63. The highest BCUT2D eigenvalue weighted by Gasteiger charge is 2.69. The highest BCUT2D eigenvalue weighted by molar-refractivity contribution is 7.92. The number of sulfone groups is 1. The summed E-state index contributed by atoms with van der Waals surface area (Å²) in [6.45, 7) is 2.62. The molecule has 0 spiro atoms. The first-order valence-corrected chi connectivity index (χ1v) is 10.6. The van der Waals surface area contributed by atoms with Crippen molar-refractivity contribution >= 4 is 21.4 Å². The van der Waals surface area contributed by atoms with Crippen LogP contribution in [0.1, 0.15) is 18.4 Å². The fourth-order valence-corrected chi connectivity index (χ4v) is 6.12. The molecule has 0 amide bonds. The van der Waals surface area contributed by atoms with Crippen molar-refractivity contribution in [1.82, 2.24) is 0 Å². The summed E-state index contributed by atoms with van der Waals surface area (Å²) < 4.78 is 42.8. The third kappa shape index (κ3) is 3.08. The number of hydrogen-bond donors (Lipinski definition) is 1. The van der Waals surface area contributed by atoms with Crippen LogP contribution < -0.4 is 15.2 Å². The molecule has 0 aromatic heterocycles. The second-order valence-electron chi connectivity index (χ2n) is 6.76. The summed E-state index contributed by atoms with van der Waals surface area (Å²) in [7, 11) is -3.67. The fourth-order valence-electron chi connectivity index (χ4n) is 3.70. The van der Waals surface area contributed by atoms with Crippen molar-refractivity contribution in [2.45, 2.75) is 28.5 Å². The van der Waals surface area contributed by atoms with E-state index < -0.39 is 26.5 Å². The van der Waals surface area contributed by atoms with E-state index in [4.69, 9.17) is 31.5 Å². The highest BCUT2D eigenvalue weighted by Crippen LogP contribution is 2.56. The van der Waals surface area contributed by atoms with Gasteiger partial charge in [0, 0.05) is 17.5 Å². The Kier molecular flexibility index (Phi) is 4.58. The molecule has 4 rings (SSSR count). The number of halogens is 1. The van der Waals surface area contributed by atoms with Gasteiger partial charge in [-0.15, -0.1) is 0 Å². The van der Waals surface area contributed by atoms with Crippen molar-refractivity contribution < 1.29 is 22.6 Å². The van der Waals surface area contributed by atoms with E-state index in [1.54, 1.807) is 24.3 Å². The molecule has 1 aliphatic carbocycles. The van der Waals surface area contributed by atoms with Gasteiger partial charge in [0.2, 0.25) is 6.79 Å². The molecule has 1 saturated carbocycles. The van der Waals surface area contributed by atoms with Crippen LogP contribution in [-0.4, -0.2) is 39.2 Å². The molecule has 144 valence electrons. The Morgan fingerprint density at radius 2 is 1.89 bits per heavy atom. The Bertz CT molecular complexity index is 963. The molecule has 1 heterocycles.